The summed E-state index contributed by atoms with van der Waals surface area (Å²) in [6.07, 6.45) is 4.84. The Bertz CT molecular complexity index is 1060. The van der Waals surface area contributed by atoms with E-state index in [0.29, 0.717) is 24.6 Å². The van der Waals surface area contributed by atoms with Crippen LogP contribution in [-0.2, 0) is 13.0 Å². The highest BCUT2D eigenvalue weighted by Gasteiger charge is 2.26. The number of amides is 2. The molecule has 3 heterocycles. The molecule has 0 saturated carbocycles. The summed E-state index contributed by atoms with van der Waals surface area (Å²) in [4.78, 5) is 39.7. The van der Waals surface area contributed by atoms with E-state index in [-0.39, 0.29) is 22.2 Å². The molecule has 0 saturated heterocycles. The monoisotopic (exact) mass is 417 g/mol. The van der Waals surface area contributed by atoms with Crippen LogP contribution in [0.1, 0.15) is 31.4 Å². The standard InChI is InChI=1S/C18H13ClFN5O2S/c19-12-7-10(20)1-2-11(12)17(27)25-6-3-13-15(9-25)28-18(23-13)24-16(26)14-8-21-4-5-22-14/h1-2,4-5,7-8H,3,6,9H2,(H,23,24,26). The number of carbonyl (C=O) groups excluding carboxylic acids is 2. The molecule has 0 aliphatic carbocycles. The van der Waals surface area contributed by atoms with Crippen molar-refractivity contribution in [2.75, 3.05) is 11.9 Å². The second-order valence-corrected chi connectivity index (χ2v) is 7.53. The molecule has 0 spiro atoms. The van der Waals surface area contributed by atoms with Crippen LogP contribution in [0.3, 0.4) is 0 Å². The average Bonchev–Trinajstić information content (AvgIpc) is 3.09. The van der Waals surface area contributed by atoms with Crippen LogP contribution < -0.4 is 5.32 Å². The molecule has 28 heavy (non-hydrogen) atoms. The molecule has 1 aliphatic heterocycles. The number of carbonyl (C=O) groups is 2. The summed E-state index contributed by atoms with van der Waals surface area (Å²) in [6, 6.07) is 3.72. The Morgan fingerprint density at radius 1 is 1.29 bits per heavy atom. The molecule has 142 valence electrons. The van der Waals surface area contributed by atoms with Gasteiger partial charge in [-0.15, -0.1) is 0 Å². The third kappa shape index (κ3) is 3.71. The lowest BCUT2D eigenvalue weighted by Gasteiger charge is -2.26. The summed E-state index contributed by atoms with van der Waals surface area (Å²) < 4.78 is 13.2. The number of nitrogens with one attached hydrogen (secondary N) is 1. The Balaban J connectivity index is 1.48. The van der Waals surface area contributed by atoms with Crippen LogP contribution in [0.5, 0.6) is 0 Å². The van der Waals surface area contributed by atoms with Crippen LogP contribution in [0.25, 0.3) is 0 Å². The van der Waals surface area contributed by atoms with Crippen molar-refractivity contribution in [2.45, 2.75) is 13.0 Å². The van der Waals surface area contributed by atoms with Crippen LogP contribution >= 0.6 is 22.9 Å². The molecule has 3 aromatic rings. The summed E-state index contributed by atoms with van der Waals surface area (Å²) in [5, 5.41) is 3.23. The van der Waals surface area contributed by atoms with Gasteiger partial charge in [-0.3, -0.25) is 19.9 Å². The van der Waals surface area contributed by atoms with E-state index >= 15 is 0 Å². The number of hydrogen-bond acceptors (Lipinski definition) is 6. The van der Waals surface area contributed by atoms with E-state index in [0.717, 1.165) is 16.6 Å². The first kappa shape index (κ1) is 18.5. The maximum Gasteiger partial charge on any atom is 0.277 e. The Hall–Kier alpha value is -2.91. The van der Waals surface area contributed by atoms with Gasteiger partial charge in [0.25, 0.3) is 11.8 Å². The van der Waals surface area contributed by atoms with E-state index in [9.17, 15) is 14.0 Å². The van der Waals surface area contributed by atoms with Crippen molar-refractivity contribution < 1.29 is 14.0 Å². The van der Waals surface area contributed by atoms with Gasteiger partial charge in [-0.25, -0.2) is 14.4 Å². The number of benzene rings is 1. The Labute approximate surface area is 168 Å². The molecule has 2 aromatic heterocycles. The normalized spacial score (nSPS) is 13.1. The summed E-state index contributed by atoms with van der Waals surface area (Å²) in [7, 11) is 0. The molecular formula is C18H13ClFN5O2S. The van der Waals surface area contributed by atoms with Crippen molar-refractivity contribution in [1.82, 2.24) is 19.9 Å². The van der Waals surface area contributed by atoms with Gasteiger partial charge in [-0.2, -0.15) is 0 Å². The van der Waals surface area contributed by atoms with Crippen molar-refractivity contribution in [3.05, 3.63) is 69.5 Å². The first-order valence-electron chi connectivity index (χ1n) is 8.31. The number of fused-ring (bicyclic) bond motifs is 1. The number of anilines is 1. The fraction of sp³-hybridized carbons (Fsp3) is 0.167. The third-order valence-electron chi connectivity index (χ3n) is 4.20. The minimum Gasteiger partial charge on any atom is -0.333 e. The van der Waals surface area contributed by atoms with Gasteiger partial charge in [0, 0.05) is 30.2 Å². The predicted octanol–water partition coefficient (Wildman–Crippen LogP) is 3.18. The van der Waals surface area contributed by atoms with E-state index in [1.54, 1.807) is 4.90 Å². The van der Waals surface area contributed by atoms with Crippen molar-refractivity contribution in [3.8, 4) is 0 Å². The highest BCUT2D eigenvalue weighted by molar-refractivity contribution is 7.15. The smallest absolute Gasteiger partial charge is 0.277 e. The first-order valence-corrected chi connectivity index (χ1v) is 9.51. The first-order chi connectivity index (χ1) is 13.5. The van der Waals surface area contributed by atoms with Gasteiger partial charge >= 0.3 is 0 Å². The van der Waals surface area contributed by atoms with Crippen LogP contribution in [0.2, 0.25) is 5.02 Å². The zero-order chi connectivity index (χ0) is 19.7. The maximum atomic E-state index is 13.2. The summed E-state index contributed by atoms with van der Waals surface area (Å²) in [5.74, 6) is -1.16. The summed E-state index contributed by atoms with van der Waals surface area (Å²) in [6.45, 7) is 0.807. The molecule has 0 radical (unpaired) electrons. The number of rotatable bonds is 3. The average molecular weight is 418 g/mol. The zero-order valence-electron chi connectivity index (χ0n) is 14.4. The molecule has 0 atom stereocenters. The Morgan fingerprint density at radius 2 is 2.14 bits per heavy atom. The quantitative estimate of drug-likeness (QED) is 0.707. The van der Waals surface area contributed by atoms with Crippen LogP contribution in [0.4, 0.5) is 9.52 Å². The topological polar surface area (TPSA) is 88.1 Å². The van der Waals surface area contributed by atoms with E-state index < -0.39 is 11.7 Å². The molecule has 0 fully saturated rings. The van der Waals surface area contributed by atoms with Crippen LogP contribution in [0, 0.1) is 5.82 Å². The molecule has 2 amide bonds. The van der Waals surface area contributed by atoms with E-state index in [1.165, 1.54) is 42.1 Å². The lowest BCUT2D eigenvalue weighted by Crippen LogP contribution is -2.35. The fourth-order valence-corrected chi connectivity index (χ4v) is 4.10. The van der Waals surface area contributed by atoms with Crippen molar-refractivity contribution in [3.63, 3.8) is 0 Å². The second-order valence-electron chi connectivity index (χ2n) is 6.03. The fourth-order valence-electron chi connectivity index (χ4n) is 2.83. The molecule has 7 nitrogen and oxygen atoms in total. The third-order valence-corrected chi connectivity index (χ3v) is 5.51. The minimum absolute atomic E-state index is 0.0806. The van der Waals surface area contributed by atoms with Gasteiger partial charge < -0.3 is 4.90 Å². The van der Waals surface area contributed by atoms with Gasteiger partial charge in [0.2, 0.25) is 0 Å². The molecule has 10 heteroatoms. The Morgan fingerprint density at radius 3 is 2.89 bits per heavy atom. The molecule has 0 unspecified atom stereocenters. The highest BCUT2D eigenvalue weighted by Crippen LogP contribution is 2.30. The molecular weight excluding hydrogens is 405 g/mol. The number of thiazole rings is 1. The van der Waals surface area contributed by atoms with Crippen molar-refractivity contribution >= 4 is 39.9 Å². The second kappa shape index (κ2) is 7.61. The SMILES string of the molecule is O=C(Nc1nc2c(s1)CN(C(=O)c1ccc(F)cc1Cl)CC2)c1cnccn1. The largest absolute Gasteiger partial charge is 0.333 e. The van der Waals surface area contributed by atoms with Gasteiger partial charge in [0.1, 0.15) is 11.5 Å². The lowest BCUT2D eigenvalue weighted by molar-refractivity contribution is 0.0736. The summed E-state index contributed by atoms with van der Waals surface area (Å²) >= 11 is 7.31. The number of halogens is 2. The number of aromatic nitrogens is 3. The van der Waals surface area contributed by atoms with Crippen molar-refractivity contribution in [1.29, 1.82) is 0 Å². The molecule has 0 bridgehead atoms. The highest BCUT2D eigenvalue weighted by atomic mass is 35.5. The zero-order valence-corrected chi connectivity index (χ0v) is 15.9. The van der Waals surface area contributed by atoms with Gasteiger partial charge in [0.15, 0.2) is 5.13 Å². The van der Waals surface area contributed by atoms with Gasteiger partial charge in [0.05, 0.1) is 29.0 Å². The van der Waals surface area contributed by atoms with E-state index in [4.69, 9.17) is 11.6 Å². The lowest BCUT2D eigenvalue weighted by atomic mass is 10.1. The van der Waals surface area contributed by atoms with Crippen LogP contribution in [0.15, 0.2) is 36.8 Å². The number of hydrogen-bond donors (Lipinski definition) is 1. The minimum atomic E-state index is -0.492. The predicted molar refractivity (Wildman–Crippen MR) is 102 cm³/mol. The maximum absolute atomic E-state index is 13.2. The van der Waals surface area contributed by atoms with E-state index in [2.05, 4.69) is 20.3 Å². The van der Waals surface area contributed by atoms with E-state index in [1.807, 2.05) is 0 Å². The molecule has 1 N–H and O–H groups in total. The van der Waals surface area contributed by atoms with Gasteiger partial charge in [-0.05, 0) is 18.2 Å². The van der Waals surface area contributed by atoms with Gasteiger partial charge in [-0.1, -0.05) is 22.9 Å². The van der Waals surface area contributed by atoms with Crippen LogP contribution in [-0.4, -0.2) is 38.2 Å². The number of nitrogens with zero attached hydrogens (tertiary/aromatic N) is 4. The Kier molecular flexibility index (Phi) is 5.01. The summed E-state index contributed by atoms with van der Waals surface area (Å²) in [5.41, 5.74) is 1.29. The molecule has 1 aromatic carbocycles. The molecule has 4 rings (SSSR count). The molecule has 1 aliphatic rings. The van der Waals surface area contributed by atoms with Crippen molar-refractivity contribution in [2.24, 2.45) is 0 Å².